The fourth-order valence-electron chi connectivity index (χ4n) is 3.71. The Hall–Kier alpha value is -2.46. The molecule has 0 N–H and O–H groups in total. The van der Waals surface area contributed by atoms with Crippen LogP contribution in [0.1, 0.15) is 19.4 Å². The Kier molecular flexibility index (Phi) is 4.39. The van der Waals surface area contributed by atoms with E-state index in [1.807, 2.05) is 12.1 Å². The Morgan fingerprint density at radius 3 is 2.56 bits per heavy atom. The zero-order valence-electron chi connectivity index (χ0n) is 16.7. The minimum atomic E-state index is -1.42. The minimum Gasteiger partial charge on any atom is -0.438 e. The van der Waals surface area contributed by atoms with Gasteiger partial charge < -0.3 is 4.42 Å². The van der Waals surface area contributed by atoms with Crippen molar-refractivity contribution in [2.24, 2.45) is 5.92 Å². The Bertz CT molecular complexity index is 1120. The van der Waals surface area contributed by atoms with E-state index in [0.717, 1.165) is 34.0 Å². The summed E-state index contributed by atoms with van der Waals surface area (Å²) in [7, 11) is -1.42. The molecule has 4 rings (SSSR count). The van der Waals surface area contributed by atoms with E-state index < -0.39 is 8.07 Å². The van der Waals surface area contributed by atoms with Crippen molar-refractivity contribution in [2.75, 3.05) is 0 Å². The fraction of sp³-hybridized carbons (Fsp3) is 0.304. The zero-order valence-corrected chi connectivity index (χ0v) is 17.7. The van der Waals surface area contributed by atoms with E-state index in [0.29, 0.717) is 11.6 Å². The molecule has 138 valence electrons. The first-order chi connectivity index (χ1) is 12.8. The molecule has 4 heteroatoms. The number of hydrogen-bond acceptors (Lipinski definition) is 3. The van der Waals surface area contributed by atoms with Crippen LogP contribution in [0.2, 0.25) is 19.6 Å². The lowest BCUT2D eigenvalue weighted by atomic mass is 10.0. The smallest absolute Gasteiger partial charge is 0.227 e. The number of aromatic nitrogens is 2. The third-order valence-corrected chi connectivity index (χ3v) is 7.04. The molecule has 3 heterocycles. The summed E-state index contributed by atoms with van der Waals surface area (Å²) in [6, 6.07) is 12.6. The summed E-state index contributed by atoms with van der Waals surface area (Å²) in [5.41, 5.74) is 5.17. The summed E-state index contributed by atoms with van der Waals surface area (Å²) >= 11 is 0. The molecule has 0 aliphatic heterocycles. The van der Waals surface area contributed by atoms with Gasteiger partial charge >= 0.3 is 0 Å². The fourth-order valence-corrected chi connectivity index (χ4v) is 5.30. The van der Waals surface area contributed by atoms with Crippen molar-refractivity contribution in [1.82, 2.24) is 9.97 Å². The van der Waals surface area contributed by atoms with Gasteiger partial charge in [-0.3, -0.25) is 4.98 Å². The molecule has 0 aliphatic carbocycles. The molecule has 27 heavy (non-hydrogen) atoms. The summed E-state index contributed by atoms with van der Waals surface area (Å²) in [5, 5.41) is 3.62. The molecule has 0 fully saturated rings. The molecule has 0 amide bonds. The topological polar surface area (TPSA) is 38.9 Å². The predicted molar refractivity (Wildman–Crippen MR) is 116 cm³/mol. The second kappa shape index (κ2) is 6.61. The Morgan fingerprint density at radius 2 is 1.81 bits per heavy atom. The van der Waals surface area contributed by atoms with E-state index in [1.54, 1.807) is 6.20 Å². The first kappa shape index (κ1) is 17.9. The van der Waals surface area contributed by atoms with Crippen molar-refractivity contribution in [3.05, 3.63) is 54.4 Å². The van der Waals surface area contributed by atoms with Crippen LogP contribution in [-0.2, 0) is 6.42 Å². The number of furan rings is 1. The molecule has 0 saturated carbocycles. The molecule has 3 nitrogen and oxygen atoms in total. The van der Waals surface area contributed by atoms with Crippen LogP contribution in [-0.4, -0.2) is 18.0 Å². The third kappa shape index (κ3) is 3.42. The highest BCUT2D eigenvalue weighted by atomic mass is 28.3. The van der Waals surface area contributed by atoms with Crippen molar-refractivity contribution in [3.63, 3.8) is 0 Å². The van der Waals surface area contributed by atoms with Gasteiger partial charge in [0.25, 0.3) is 0 Å². The van der Waals surface area contributed by atoms with Gasteiger partial charge in [0.2, 0.25) is 5.71 Å². The van der Waals surface area contributed by atoms with Crippen LogP contribution in [0.15, 0.2) is 53.2 Å². The number of fused-ring (bicyclic) bond motifs is 3. The molecule has 0 radical (unpaired) electrons. The van der Waals surface area contributed by atoms with Gasteiger partial charge in [-0.05, 0) is 59.5 Å². The number of hydrogen-bond donors (Lipinski definition) is 0. The van der Waals surface area contributed by atoms with E-state index in [-0.39, 0.29) is 0 Å². The van der Waals surface area contributed by atoms with E-state index in [4.69, 9.17) is 9.40 Å². The molecular weight excluding hydrogens is 348 g/mol. The lowest BCUT2D eigenvalue weighted by Gasteiger charge is -2.22. The average molecular weight is 375 g/mol. The summed E-state index contributed by atoms with van der Waals surface area (Å²) in [4.78, 5) is 9.17. The summed E-state index contributed by atoms with van der Waals surface area (Å²) in [6.45, 7) is 11.7. The predicted octanol–water partition coefficient (Wildman–Crippen LogP) is 5.79. The van der Waals surface area contributed by atoms with Crippen molar-refractivity contribution in [3.8, 4) is 11.3 Å². The van der Waals surface area contributed by atoms with Crippen LogP contribution in [0.4, 0.5) is 0 Å². The zero-order chi connectivity index (χ0) is 19.2. The summed E-state index contributed by atoms with van der Waals surface area (Å²) < 4.78 is 5.86. The van der Waals surface area contributed by atoms with Gasteiger partial charge in [0.05, 0.1) is 13.8 Å². The van der Waals surface area contributed by atoms with E-state index >= 15 is 0 Å². The van der Waals surface area contributed by atoms with E-state index in [9.17, 15) is 0 Å². The van der Waals surface area contributed by atoms with Gasteiger partial charge in [-0.15, -0.1) is 0 Å². The maximum Gasteiger partial charge on any atom is 0.227 e. The van der Waals surface area contributed by atoms with Gasteiger partial charge in [0, 0.05) is 28.7 Å². The van der Waals surface area contributed by atoms with Crippen LogP contribution in [0.25, 0.3) is 33.3 Å². The van der Waals surface area contributed by atoms with Crippen molar-refractivity contribution >= 4 is 35.3 Å². The van der Waals surface area contributed by atoms with Crippen LogP contribution < -0.4 is 5.19 Å². The van der Waals surface area contributed by atoms with Gasteiger partial charge in [-0.2, -0.15) is 0 Å². The summed E-state index contributed by atoms with van der Waals surface area (Å²) in [5.74, 6) is 0.627. The van der Waals surface area contributed by atoms with E-state index in [2.05, 4.69) is 68.9 Å². The number of pyridine rings is 2. The van der Waals surface area contributed by atoms with E-state index in [1.165, 1.54) is 10.8 Å². The van der Waals surface area contributed by atoms with Crippen LogP contribution in [0.5, 0.6) is 0 Å². The Labute approximate surface area is 161 Å². The molecule has 0 bridgehead atoms. The third-order valence-electron chi connectivity index (χ3n) is 4.97. The number of rotatable bonds is 4. The molecule has 0 aliphatic rings. The normalized spacial score (nSPS) is 12.4. The van der Waals surface area contributed by atoms with Crippen molar-refractivity contribution in [2.45, 2.75) is 39.9 Å². The molecule has 0 spiro atoms. The highest BCUT2D eigenvalue weighted by molar-refractivity contribution is 6.89. The molecule has 0 saturated heterocycles. The van der Waals surface area contributed by atoms with Crippen LogP contribution in [0.3, 0.4) is 0 Å². The quantitative estimate of drug-likeness (QED) is 0.425. The van der Waals surface area contributed by atoms with Gasteiger partial charge in [0.15, 0.2) is 0 Å². The maximum atomic E-state index is 5.86. The Balaban J connectivity index is 1.86. The minimum absolute atomic E-state index is 0.627. The van der Waals surface area contributed by atoms with Gasteiger partial charge in [0.1, 0.15) is 5.58 Å². The standard InChI is InChI=1S/C23H26N2OSi/c1-15(2)11-17-13-20(25-14-22(17)27(3,4)5)16-8-9-21-19(12-16)18-7-6-10-24-23(18)26-21/h6-10,12-15H,11H2,1-5H3. The molecule has 1 aromatic carbocycles. The lowest BCUT2D eigenvalue weighted by Crippen LogP contribution is -2.40. The van der Waals surface area contributed by atoms with Crippen molar-refractivity contribution < 1.29 is 4.42 Å². The summed E-state index contributed by atoms with van der Waals surface area (Å²) in [6.07, 6.45) is 4.98. The SMILES string of the molecule is CC(C)Cc1cc(-c2ccc3oc4ncccc4c3c2)ncc1[Si](C)(C)C. The maximum absolute atomic E-state index is 5.86. The highest BCUT2D eigenvalue weighted by Crippen LogP contribution is 2.31. The van der Waals surface area contributed by atoms with Gasteiger partial charge in [-0.1, -0.05) is 33.5 Å². The Morgan fingerprint density at radius 1 is 1.00 bits per heavy atom. The van der Waals surface area contributed by atoms with Crippen molar-refractivity contribution in [1.29, 1.82) is 0 Å². The average Bonchev–Trinajstić information content (AvgIpc) is 2.98. The lowest BCUT2D eigenvalue weighted by molar-refractivity contribution is 0.649. The molecule has 3 aromatic heterocycles. The largest absolute Gasteiger partial charge is 0.438 e. The molecule has 0 unspecified atom stereocenters. The molecular formula is C23H26N2OSi. The number of benzene rings is 1. The van der Waals surface area contributed by atoms with Crippen LogP contribution in [0, 0.1) is 5.92 Å². The molecule has 0 atom stereocenters. The first-order valence-corrected chi connectivity index (χ1v) is 13.1. The monoisotopic (exact) mass is 374 g/mol. The second-order valence-electron chi connectivity index (χ2n) is 8.74. The van der Waals surface area contributed by atoms with Gasteiger partial charge in [-0.25, -0.2) is 4.98 Å². The number of nitrogens with zero attached hydrogens (tertiary/aromatic N) is 2. The highest BCUT2D eigenvalue weighted by Gasteiger charge is 2.22. The molecule has 4 aromatic rings. The van der Waals surface area contributed by atoms with Crippen LogP contribution >= 0.6 is 0 Å². The first-order valence-electron chi connectivity index (χ1n) is 9.60. The second-order valence-corrected chi connectivity index (χ2v) is 13.8.